The maximum Gasteiger partial charge on any atom is 0.160 e. The lowest BCUT2D eigenvalue weighted by molar-refractivity contribution is -0.126. The Bertz CT molecular complexity index is 825. The Hall–Kier alpha value is -1.75. The van der Waals surface area contributed by atoms with Crippen LogP contribution in [0.5, 0.6) is 11.5 Å². The molecule has 2 aromatic carbocycles. The summed E-state index contributed by atoms with van der Waals surface area (Å²) < 4.78 is 5.36. The first-order valence-electron chi connectivity index (χ1n) is 10.1. The molecule has 1 heterocycles. The third kappa shape index (κ3) is 3.73. The van der Waals surface area contributed by atoms with Gasteiger partial charge in [-0.1, -0.05) is 42.6 Å². The number of methoxy groups -OCH3 is 1. The molecule has 0 spiro atoms. The third-order valence-corrected chi connectivity index (χ3v) is 6.77. The number of likely N-dealkylation sites (tertiary alicyclic amines) is 1. The maximum atomic E-state index is 11.4. The number of aliphatic hydroxyl groups is 1. The monoisotopic (exact) mass is 401 g/mol. The SMILES string of the molecule is COc1cc([C@H]2[C@@H]3CCCC[C@]3(O)CCN2Cc2ccc(Cl)cc2)ccc1O. The van der Waals surface area contributed by atoms with Crippen LogP contribution >= 0.6 is 11.6 Å². The van der Waals surface area contributed by atoms with E-state index < -0.39 is 5.60 Å². The summed E-state index contributed by atoms with van der Waals surface area (Å²) in [6, 6.07) is 13.7. The standard InChI is InChI=1S/C23H28ClNO3/c1-28-21-14-17(7-10-20(21)26)22-19-4-2-3-11-23(19,27)12-13-25(22)15-16-5-8-18(24)9-6-16/h5-10,14,19,22,26-27H,2-4,11-13,15H2,1H3/t19-,22-,23-/m0/s1. The van der Waals surface area contributed by atoms with Crippen molar-refractivity contribution in [1.29, 1.82) is 0 Å². The number of halogens is 1. The van der Waals surface area contributed by atoms with Crippen molar-refractivity contribution in [2.75, 3.05) is 13.7 Å². The van der Waals surface area contributed by atoms with Gasteiger partial charge >= 0.3 is 0 Å². The van der Waals surface area contributed by atoms with E-state index in [9.17, 15) is 10.2 Å². The second-order valence-corrected chi connectivity index (χ2v) is 8.62. The molecule has 0 unspecified atom stereocenters. The molecule has 2 N–H and O–H groups in total. The molecule has 150 valence electrons. The molecule has 1 aliphatic carbocycles. The molecule has 0 amide bonds. The topological polar surface area (TPSA) is 52.9 Å². The van der Waals surface area contributed by atoms with Gasteiger partial charge in [-0.3, -0.25) is 4.90 Å². The van der Waals surface area contributed by atoms with E-state index in [1.165, 1.54) is 5.56 Å². The highest BCUT2D eigenvalue weighted by Crippen LogP contribution is 2.50. The average molecular weight is 402 g/mol. The molecule has 0 aromatic heterocycles. The largest absolute Gasteiger partial charge is 0.504 e. The smallest absolute Gasteiger partial charge is 0.160 e. The number of ether oxygens (including phenoxy) is 1. The van der Waals surface area contributed by atoms with Crippen LogP contribution in [0.4, 0.5) is 0 Å². The fourth-order valence-corrected chi connectivity index (χ4v) is 5.19. The quantitative estimate of drug-likeness (QED) is 0.763. The van der Waals surface area contributed by atoms with Crippen molar-refractivity contribution in [3.63, 3.8) is 0 Å². The molecule has 2 aliphatic rings. The van der Waals surface area contributed by atoms with Gasteiger partial charge in [0, 0.05) is 30.1 Å². The number of piperidine rings is 1. The van der Waals surface area contributed by atoms with Gasteiger partial charge in [0.25, 0.3) is 0 Å². The number of benzene rings is 2. The number of aromatic hydroxyl groups is 1. The van der Waals surface area contributed by atoms with Crippen LogP contribution in [-0.2, 0) is 6.54 Å². The van der Waals surface area contributed by atoms with E-state index in [0.29, 0.717) is 5.75 Å². The van der Waals surface area contributed by atoms with Gasteiger partial charge in [0.1, 0.15) is 0 Å². The van der Waals surface area contributed by atoms with Crippen LogP contribution in [0, 0.1) is 5.92 Å². The molecule has 5 heteroatoms. The third-order valence-electron chi connectivity index (χ3n) is 6.52. The van der Waals surface area contributed by atoms with Crippen molar-refractivity contribution in [3.8, 4) is 11.5 Å². The Morgan fingerprint density at radius 2 is 1.93 bits per heavy atom. The number of phenolic OH excluding ortho intramolecular Hbond substituents is 1. The van der Waals surface area contributed by atoms with E-state index in [0.717, 1.165) is 55.8 Å². The first kappa shape index (κ1) is 19.6. The lowest BCUT2D eigenvalue weighted by Crippen LogP contribution is -2.54. The van der Waals surface area contributed by atoms with E-state index in [1.807, 2.05) is 24.3 Å². The van der Waals surface area contributed by atoms with Gasteiger partial charge in [-0.15, -0.1) is 0 Å². The van der Waals surface area contributed by atoms with Gasteiger partial charge in [0.2, 0.25) is 0 Å². The summed E-state index contributed by atoms with van der Waals surface area (Å²) in [5.74, 6) is 0.802. The van der Waals surface area contributed by atoms with Gasteiger partial charge in [-0.25, -0.2) is 0 Å². The molecule has 4 nitrogen and oxygen atoms in total. The minimum Gasteiger partial charge on any atom is -0.504 e. The normalized spacial score (nSPS) is 28.0. The van der Waals surface area contributed by atoms with Gasteiger partial charge in [-0.2, -0.15) is 0 Å². The molecule has 2 fully saturated rings. The first-order valence-corrected chi connectivity index (χ1v) is 10.5. The zero-order valence-corrected chi connectivity index (χ0v) is 17.0. The second-order valence-electron chi connectivity index (χ2n) is 8.18. The molecule has 3 atom stereocenters. The molecule has 1 saturated carbocycles. The molecule has 0 radical (unpaired) electrons. The van der Waals surface area contributed by atoms with E-state index >= 15 is 0 Å². The Kier molecular flexibility index (Phi) is 5.55. The summed E-state index contributed by atoms with van der Waals surface area (Å²) in [7, 11) is 1.57. The van der Waals surface area contributed by atoms with Crippen LogP contribution in [0.15, 0.2) is 42.5 Å². The number of fused-ring (bicyclic) bond motifs is 1. The summed E-state index contributed by atoms with van der Waals surface area (Å²) in [6.07, 6.45) is 4.93. The molecule has 2 aromatic rings. The van der Waals surface area contributed by atoms with Crippen LogP contribution in [0.1, 0.15) is 49.3 Å². The van der Waals surface area contributed by atoms with Crippen molar-refractivity contribution in [2.24, 2.45) is 5.92 Å². The average Bonchev–Trinajstić information content (AvgIpc) is 2.70. The predicted molar refractivity (Wildman–Crippen MR) is 111 cm³/mol. The van der Waals surface area contributed by atoms with Crippen LogP contribution in [-0.4, -0.2) is 34.4 Å². The fraction of sp³-hybridized carbons (Fsp3) is 0.478. The summed E-state index contributed by atoms with van der Waals surface area (Å²) in [5, 5.41) is 22.2. The lowest BCUT2D eigenvalue weighted by Gasteiger charge is -2.53. The maximum absolute atomic E-state index is 11.4. The Morgan fingerprint density at radius 1 is 1.14 bits per heavy atom. The predicted octanol–water partition coefficient (Wildman–Crippen LogP) is 4.92. The van der Waals surface area contributed by atoms with Crippen molar-refractivity contribution < 1.29 is 14.9 Å². The van der Waals surface area contributed by atoms with Crippen molar-refractivity contribution >= 4 is 11.6 Å². The Balaban J connectivity index is 1.70. The zero-order valence-electron chi connectivity index (χ0n) is 16.3. The van der Waals surface area contributed by atoms with E-state index in [2.05, 4.69) is 17.0 Å². The number of nitrogens with zero attached hydrogens (tertiary/aromatic N) is 1. The van der Waals surface area contributed by atoms with E-state index in [1.54, 1.807) is 13.2 Å². The van der Waals surface area contributed by atoms with Crippen molar-refractivity contribution in [1.82, 2.24) is 4.90 Å². The number of hydrogen-bond donors (Lipinski definition) is 2. The molecule has 1 saturated heterocycles. The Labute approximate surface area is 171 Å². The second kappa shape index (κ2) is 7.94. The number of phenols is 1. The first-order chi connectivity index (χ1) is 13.5. The Morgan fingerprint density at radius 3 is 2.68 bits per heavy atom. The van der Waals surface area contributed by atoms with E-state index in [4.69, 9.17) is 16.3 Å². The highest BCUT2D eigenvalue weighted by atomic mass is 35.5. The van der Waals surface area contributed by atoms with Crippen molar-refractivity contribution in [2.45, 2.75) is 50.3 Å². The van der Waals surface area contributed by atoms with Crippen LogP contribution < -0.4 is 4.74 Å². The summed E-state index contributed by atoms with van der Waals surface area (Å²) in [4.78, 5) is 2.46. The van der Waals surface area contributed by atoms with Crippen molar-refractivity contribution in [3.05, 3.63) is 58.6 Å². The van der Waals surface area contributed by atoms with Crippen LogP contribution in [0.2, 0.25) is 5.02 Å². The number of rotatable bonds is 4. The van der Waals surface area contributed by atoms with Gasteiger partial charge in [0.15, 0.2) is 11.5 Å². The molecular formula is C23H28ClNO3. The highest BCUT2D eigenvalue weighted by molar-refractivity contribution is 6.30. The minimum absolute atomic E-state index is 0.0872. The lowest BCUT2D eigenvalue weighted by atomic mass is 9.66. The zero-order chi connectivity index (χ0) is 19.7. The van der Waals surface area contributed by atoms with Gasteiger partial charge in [0.05, 0.1) is 12.7 Å². The summed E-state index contributed by atoms with van der Waals surface area (Å²) in [5.41, 5.74) is 1.69. The van der Waals surface area contributed by atoms with Crippen LogP contribution in [0.3, 0.4) is 0 Å². The van der Waals surface area contributed by atoms with Gasteiger partial charge < -0.3 is 14.9 Å². The summed E-state index contributed by atoms with van der Waals surface area (Å²) >= 11 is 6.05. The molecule has 28 heavy (non-hydrogen) atoms. The molecule has 4 rings (SSSR count). The fourth-order valence-electron chi connectivity index (χ4n) is 5.07. The summed E-state index contributed by atoms with van der Waals surface area (Å²) in [6.45, 7) is 1.64. The molecular weight excluding hydrogens is 374 g/mol. The molecule has 1 aliphatic heterocycles. The van der Waals surface area contributed by atoms with E-state index in [-0.39, 0.29) is 17.7 Å². The van der Waals surface area contributed by atoms with Crippen LogP contribution in [0.25, 0.3) is 0 Å². The number of hydrogen-bond acceptors (Lipinski definition) is 4. The highest BCUT2D eigenvalue weighted by Gasteiger charge is 2.48. The van der Waals surface area contributed by atoms with Gasteiger partial charge in [-0.05, 0) is 54.7 Å². The molecule has 0 bridgehead atoms. The minimum atomic E-state index is -0.607.